The van der Waals surface area contributed by atoms with Crippen molar-refractivity contribution in [2.24, 2.45) is 17.8 Å². The monoisotopic (exact) mass is 835 g/mol. The maximum Gasteiger partial charge on any atom is 0.411 e. The molecule has 1 aromatic heterocycles. The number of carbonyl (C=O) groups is 4. The predicted octanol–water partition coefficient (Wildman–Crippen LogP) is 4.54. The summed E-state index contributed by atoms with van der Waals surface area (Å²) in [6, 6.07) is 1.72. The maximum atomic E-state index is 15.0. The topological polar surface area (TPSA) is 194 Å². The number of carbonyl (C=O) groups excluding carboxylic acids is 3. The van der Waals surface area contributed by atoms with Gasteiger partial charge >= 0.3 is 12.3 Å². The lowest BCUT2D eigenvalue weighted by Crippen LogP contribution is -2.66. The SMILES string of the molecule is C[C@H]1CCC=C[C@@H]2C[C@@]2(C(=O)NS(=O)(=O)C2CC2)NC(=O)[C@@H]2C[C@@H](Oc3nccc4c5c(ccc34)OCCO5)CN2C(=O)[C@@H](N(C(=O)O)C(C)(C)C(F)(F)F)[C@H](C)C1. The molecule has 0 radical (unpaired) electrons. The fourth-order valence-corrected chi connectivity index (χ4v) is 9.84. The highest BCUT2D eigenvalue weighted by Crippen LogP contribution is 2.47. The molecule has 0 spiro atoms. The number of nitrogens with zero attached hydrogens (tertiary/aromatic N) is 3. The van der Waals surface area contributed by atoms with Crippen molar-refractivity contribution in [2.75, 3.05) is 19.8 Å². The third-order valence-corrected chi connectivity index (χ3v) is 13.9. The van der Waals surface area contributed by atoms with Gasteiger partial charge in [0.05, 0.1) is 11.8 Å². The Hall–Kier alpha value is -4.81. The van der Waals surface area contributed by atoms with E-state index in [1.54, 1.807) is 30.4 Å². The maximum absolute atomic E-state index is 15.0. The number of nitrogens with one attached hydrogen (secondary N) is 2. The second-order valence-corrected chi connectivity index (χ2v) is 18.7. The van der Waals surface area contributed by atoms with Gasteiger partial charge in [0.2, 0.25) is 27.7 Å². The van der Waals surface area contributed by atoms with E-state index >= 15 is 0 Å². The molecule has 316 valence electrons. The van der Waals surface area contributed by atoms with Gasteiger partial charge < -0.3 is 29.5 Å². The van der Waals surface area contributed by atoms with E-state index < -0.39 is 86.4 Å². The normalized spacial score (nSPS) is 29.3. The van der Waals surface area contributed by atoms with E-state index in [9.17, 15) is 45.9 Å². The molecule has 3 fully saturated rings. The molecule has 1 aromatic carbocycles. The van der Waals surface area contributed by atoms with Gasteiger partial charge in [0.15, 0.2) is 11.5 Å². The van der Waals surface area contributed by atoms with Crippen LogP contribution >= 0.6 is 0 Å². The number of alkyl halides is 3. The number of aromatic nitrogens is 1. The first kappa shape index (κ1) is 41.4. The molecule has 0 unspecified atom stereocenters. The second-order valence-electron chi connectivity index (χ2n) is 16.7. The predicted molar refractivity (Wildman–Crippen MR) is 201 cm³/mol. The fourth-order valence-electron chi connectivity index (χ4n) is 8.48. The zero-order valence-electron chi connectivity index (χ0n) is 32.6. The molecular formula is C39H48F3N5O10S. The van der Waals surface area contributed by atoms with Gasteiger partial charge in [0, 0.05) is 29.3 Å². The number of fused-ring (bicyclic) bond motifs is 5. The number of rotatable bonds is 7. The van der Waals surface area contributed by atoms with Crippen LogP contribution in [-0.2, 0) is 24.4 Å². The molecule has 4 amide bonds. The highest BCUT2D eigenvalue weighted by atomic mass is 32.2. The Kier molecular flexibility index (Phi) is 10.8. The average Bonchev–Trinajstić information content (AvgIpc) is 4.08. The summed E-state index contributed by atoms with van der Waals surface area (Å²) < 4.78 is 89.9. The van der Waals surface area contributed by atoms with Crippen LogP contribution in [0.15, 0.2) is 36.5 Å². The minimum Gasteiger partial charge on any atom is -0.486 e. The number of amides is 4. The Labute approximate surface area is 333 Å². The molecule has 0 bridgehead atoms. The van der Waals surface area contributed by atoms with Crippen molar-refractivity contribution in [3.63, 3.8) is 0 Å². The van der Waals surface area contributed by atoms with Gasteiger partial charge in [-0.15, -0.1) is 0 Å². The van der Waals surface area contributed by atoms with E-state index in [1.165, 1.54) is 13.1 Å². The lowest BCUT2D eigenvalue weighted by atomic mass is 9.85. The van der Waals surface area contributed by atoms with Crippen LogP contribution in [0.2, 0.25) is 0 Å². The highest BCUT2D eigenvalue weighted by Gasteiger charge is 2.63. The summed E-state index contributed by atoms with van der Waals surface area (Å²) in [5, 5.41) is 13.6. The lowest BCUT2D eigenvalue weighted by molar-refractivity contribution is -0.222. The summed E-state index contributed by atoms with van der Waals surface area (Å²) >= 11 is 0. The number of carboxylic acid groups (broad SMARTS) is 1. The number of allylic oxidation sites excluding steroid dienone is 1. The van der Waals surface area contributed by atoms with E-state index in [1.807, 2.05) is 6.92 Å². The Bertz CT molecular complexity index is 2130. The van der Waals surface area contributed by atoms with E-state index in [0.29, 0.717) is 75.0 Å². The Balaban J connectivity index is 1.29. The van der Waals surface area contributed by atoms with Crippen molar-refractivity contribution in [1.29, 1.82) is 0 Å². The molecule has 7 atom stereocenters. The summed E-state index contributed by atoms with van der Waals surface area (Å²) in [6.07, 6.45) is -1.32. The average molecular weight is 836 g/mol. The number of benzene rings is 1. The van der Waals surface area contributed by atoms with Gasteiger partial charge in [-0.2, -0.15) is 13.2 Å². The van der Waals surface area contributed by atoms with Crippen molar-refractivity contribution < 1.29 is 60.1 Å². The Morgan fingerprint density at radius 2 is 1.79 bits per heavy atom. The largest absolute Gasteiger partial charge is 0.486 e. The van der Waals surface area contributed by atoms with E-state index in [0.717, 1.165) is 4.90 Å². The van der Waals surface area contributed by atoms with Crippen molar-refractivity contribution in [3.05, 3.63) is 36.5 Å². The number of ether oxygens (including phenoxy) is 3. The Morgan fingerprint density at radius 1 is 1.07 bits per heavy atom. The minimum atomic E-state index is -5.10. The van der Waals surface area contributed by atoms with Crippen molar-refractivity contribution in [1.82, 2.24) is 24.8 Å². The lowest BCUT2D eigenvalue weighted by Gasteiger charge is -2.45. The number of hydrogen-bond acceptors (Lipinski definition) is 10. The first-order valence-corrected chi connectivity index (χ1v) is 21.1. The molecule has 58 heavy (non-hydrogen) atoms. The second kappa shape index (κ2) is 15.1. The summed E-state index contributed by atoms with van der Waals surface area (Å²) in [7, 11) is -4.02. The zero-order valence-corrected chi connectivity index (χ0v) is 33.4. The number of hydrogen-bond donors (Lipinski definition) is 3. The van der Waals surface area contributed by atoms with Crippen LogP contribution in [0, 0.1) is 17.8 Å². The molecule has 1 saturated heterocycles. The Morgan fingerprint density at radius 3 is 2.48 bits per heavy atom. The van der Waals surface area contributed by atoms with Crippen molar-refractivity contribution in [3.8, 4) is 17.4 Å². The molecule has 2 saturated carbocycles. The van der Waals surface area contributed by atoms with Crippen LogP contribution in [-0.4, -0.2) is 113 Å². The minimum absolute atomic E-state index is 0.0552. The molecule has 2 aromatic rings. The van der Waals surface area contributed by atoms with Gasteiger partial charge in [-0.25, -0.2) is 18.2 Å². The van der Waals surface area contributed by atoms with Gasteiger partial charge in [0.1, 0.15) is 42.5 Å². The van der Waals surface area contributed by atoms with Crippen LogP contribution in [0.3, 0.4) is 0 Å². The molecular weight excluding hydrogens is 788 g/mol. The van der Waals surface area contributed by atoms with Gasteiger partial charge in [-0.3, -0.25) is 24.0 Å². The first-order valence-electron chi connectivity index (χ1n) is 19.5. The van der Waals surface area contributed by atoms with Crippen LogP contribution in [0.25, 0.3) is 10.8 Å². The van der Waals surface area contributed by atoms with Crippen molar-refractivity contribution >= 4 is 44.6 Å². The fraction of sp³-hybridized carbons (Fsp3) is 0.615. The molecule has 3 aliphatic heterocycles. The number of pyridine rings is 1. The van der Waals surface area contributed by atoms with Crippen LogP contribution in [0.5, 0.6) is 17.4 Å². The van der Waals surface area contributed by atoms with Crippen molar-refractivity contribution in [2.45, 2.75) is 113 Å². The zero-order chi connectivity index (χ0) is 41.9. The third-order valence-electron chi connectivity index (χ3n) is 12.0. The summed E-state index contributed by atoms with van der Waals surface area (Å²) in [4.78, 5) is 61.8. The molecule has 4 heterocycles. The smallest absolute Gasteiger partial charge is 0.411 e. The van der Waals surface area contributed by atoms with Crippen LogP contribution in [0.1, 0.15) is 72.6 Å². The third kappa shape index (κ3) is 7.73. The summed E-state index contributed by atoms with van der Waals surface area (Å²) in [5.74, 6) is -3.52. The van der Waals surface area contributed by atoms with E-state index in [-0.39, 0.29) is 42.5 Å². The summed E-state index contributed by atoms with van der Waals surface area (Å²) in [5.41, 5.74) is -4.74. The summed E-state index contributed by atoms with van der Waals surface area (Å²) in [6.45, 7) is 5.05. The molecule has 2 aliphatic carbocycles. The standard InChI is InChI=1S/C39H48F3N5O10S/c1-21-7-5-6-8-23-19-38(23,35(50)45-58(53,54)25-9-10-25)44-32(48)28-18-24(57-33-27-11-12-29-31(56-16-15-55-29)26(27)13-14-43-33)20-46(28)34(49)30(22(2)17-21)47(36(51)52)37(3,4)39(40,41)42/h6,8,11-14,21-25,28,30H,5,7,9-10,15-20H2,1-4H3,(H,44,48)(H,45,50)(H,51,52)/t21-,22+,23+,24+,28-,30-,38+/m0/s1. The molecule has 5 aliphatic rings. The van der Waals surface area contributed by atoms with E-state index in [4.69, 9.17) is 14.2 Å². The highest BCUT2D eigenvalue weighted by molar-refractivity contribution is 7.91. The van der Waals surface area contributed by atoms with Gasteiger partial charge in [-0.1, -0.05) is 26.0 Å². The number of sulfonamides is 1. The molecule has 7 rings (SSSR count). The quantitative estimate of drug-likeness (QED) is 0.332. The van der Waals surface area contributed by atoms with Gasteiger partial charge in [-0.05, 0) is 82.4 Å². The van der Waals surface area contributed by atoms with E-state index in [2.05, 4.69) is 15.0 Å². The van der Waals surface area contributed by atoms with Crippen LogP contribution < -0.4 is 24.2 Å². The van der Waals surface area contributed by atoms with Gasteiger partial charge in [0.25, 0.3) is 5.91 Å². The number of halogens is 3. The van der Waals surface area contributed by atoms with Crippen LogP contribution in [0.4, 0.5) is 18.0 Å². The molecule has 3 N–H and O–H groups in total. The molecule has 15 nitrogen and oxygen atoms in total. The first-order chi connectivity index (χ1) is 27.2. The molecule has 19 heteroatoms.